The summed E-state index contributed by atoms with van der Waals surface area (Å²) in [4.78, 5) is 0. The highest BCUT2D eigenvalue weighted by Crippen LogP contribution is 2.15. The number of hydrogen-bond acceptors (Lipinski definition) is 2. The van der Waals surface area contributed by atoms with Crippen LogP contribution in [0.3, 0.4) is 0 Å². The van der Waals surface area contributed by atoms with Crippen LogP contribution in [0.2, 0.25) is 5.02 Å². The molecular weight excluding hydrogens is 208 g/mol. The molecule has 0 atom stereocenters. The maximum atomic E-state index is 5.58. The molecule has 4 N–H and O–H groups in total. The molecule has 0 radical (unpaired) electrons. The van der Waals surface area contributed by atoms with Crippen LogP contribution in [0.15, 0.2) is 54.6 Å². The number of halogens is 1. The summed E-state index contributed by atoms with van der Waals surface area (Å²) in [5.41, 5.74) is 12.2. The number of rotatable bonds is 0. The molecule has 0 aromatic heterocycles. The first kappa shape index (κ1) is 11.4. The molecule has 0 amide bonds. The maximum absolute atomic E-state index is 5.58. The van der Waals surface area contributed by atoms with E-state index in [1.54, 1.807) is 12.1 Å². The van der Waals surface area contributed by atoms with Gasteiger partial charge in [-0.1, -0.05) is 41.9 Å². The van der Waals surface area contributed by atoms with Crippen molar-refractivity contribution in [3.05, 3.63) is 59.6 Å². The van der Waals surface area contributed by atoms with Crippen molar-refractivity contribution in [3.63, 3.8) is 0 Å². The standard InChI is InChI=1S/C6H6ClN.C6H7N/c7-5-3-1-2-4-6(5)8;7-6-4-2-1-3-5-6/h1-4H,8H2;1-5H,7H2. The number of anilines is 2. The van der Waals surface area contributed by atoms with Gasteiger partial charge in [0.25, 0.3) is 0 Å². The molecule has 0 fully saturated rings. The monoisotopic (exact) mass is 220 g/mol. The Morgan fingerprint density at radius 1 is 0.733 bits per heavy atom. The molecule has 0 saturated heterocycles. The van der Waals surface area contributed by atoms with Gasteiger partial charge < -0.3 is 11.5 Å². The highest BCUT2D eigenvalue weighted by atomic mass is 35.5. The molecule has 0 spiro atoms. The van der Waals surface area contributed by atoms with Crippen molar-refractivity contribution in [2.75, 3.05) is 11.5 Å². The van der Waals surface area contributed by atoms with Crippen molar-refractivity contribution >= 4 is 23.0 Å². The second-order valence-electron chi connectivity index (χ2n) is 2.93. The van der Waals surface area contributed by atoms with E-state index in [-0.39, 0.29) is 0 Å². The van der Waals surface area contributed by atoms with Crippen LogP contribution >= 0.6 is 11.6 Å². The van der Waals surface area contributed by atoms with E-state index in [1.165, 1.54) is 0 Å². The predicted molar refractivity (Wildman–Crippen MR) is 66.7 cm³/mol. The van der Waals surface area contributed by atoms with Crippen molar-refractivity contribution in [3.8, 4) is 0 Å². The normalized spacial score (nSPS) is 8.87. The van der Waals surface area contributed by atoms with Gasteiger partial charge in [0.2, 0.25) is 0 Å². The van der Waals surface area contributed by atoms with Crippen LogP contribution in [0.1, 0.15) is 0 Å². The van der Waals surface area contributed by atoms with E-state index in [9.17, 15) is 0 Å². The summed E-state index contributed by atoms with van der Waals surface area (Å²) in [7, 11) is 0. The molecule has 0 aliphatic carbocycles. The summed E-state index contributed by atoms with van der Waals surface area (Å²) in [5.74, 6) is 0. The van der Waals surface area contributed by atoms with Gasteiger partial charge in [-0.05, 0) is 24.3 Å². The molecule has 2 aromatic rings. The summed E-state index contributed by atoms with van der Waals surface area (Å²) in [6.07, 6.45) is 0. The smallest absolute Gasteiger partial charge is 0.0635 e. The van der Waals surface area contributed by atoms with Crippen LogP contribution in [-0.2, 0) is 0 Å². The highest BCUT2D eigenvalue weighted by molar-refractivity contribution is 6.33. The summed E-state index contributed by atoms with van der Waals surface area (Å²) in [5, 5.41) is 0.618. The third-order valence-electron chi connectivity index (χ3n) is 1.70. The fourth-order valence-corrected chi connectivity index (χ4v) is 1.06. The van der Waals surface area contributed by atoms with Gasteiger partial charge in [-0.2, -0.15) is 0 Å². The van der Waals surface area contributed by atoms with Gasteiger partial charge in [0.1, 0.15) is 0 Å². The molecule has 2 rings (SSSR count). The van der Waals surface area contributed by atoms with Crippen LogP contribution in [-0.4, -0.2) is 0 Å². The molecule has 0 saturated carbocycles. The van der Waals surface area contributed by atoms with Crippen molar-refractivity contribution in [1.82, 2.24) is 0 Å². The third-order valence-corrected chi connectivity index (χ3v) is 2.05. The Hall–Kier alpha value is -1.67. The third kappa shape index (κ3) is 4.38. The molecule has 2 nitrogen and oxygen atoms in total. The Labute approximate surface area is 94.5 Å². The van der Waals surface area contributed by atoms with Crippen LogP contribution in [0.4, 0.5) is 11.4 Å². The fourth-order valence-electron chi connectivity index (χ4n) is 0.928. The fraction of sp³-hybridized carbons (Fsp3) is 0. The average molecular weight is 221 g/mol. The largest absolute Gasteiger partial charge is 0.399 e. The van der Waals surface area contributed by atoms with Crippen molar-refractivity contribution < 1.29 is 0 Å². The lowest BCUT2D eigenvalue weighted by atomic mass is 10.3. The van der Waals surface area contributed by atoms with Gasteiger partial charge in [-0.3, -0.25) is 0 Å². The van der Waals surface area contributed by atoms with E-state index in [4.69, 9.17) is 23.1 Å². The summed E-state index contributed by atoms with van der Waals surface area (Å²) in [6.45, 7) is 0. The number of nitrogens with two attached hydrogens (primary N) is 2. The number of benzene rings is 2. The van der Waals surface area contributed by atoms with Gasteiger partial charge in [0, 0.05) is 5.69 Å². The first-order chi connectivity index (χ1) is 7.20. The molecular formula is C12H13ClN2. The molecule has 0 aliphatic heterocycles. The topological polar surface area (TPSA) is 52.0 Å². The second kappa shape index (κ2) is 5.94. The molecule has 3 heteroatoms. The van der Waals surface area contributed by atoms with Crippen LogP contribution in [0, 0.1) is 0 Å². The van der Waals surface area contributed by atoms with Gasteiger partial charge in [0.15, 0.2) is 0 Å². The minimum Gasteiger partial charge on any atom is -0.399 e. The summed E-state index contributed by atoms with van der Waals surface area (Å²) >= 11 is 5.58. The SMILES string of the molecule is Nc1ccccc1.Nc1ccccc1Cl. The number of nitrogen functional groups attached to an aromatic ring is 2. The Bertz CT molecular complexity index is 380. The van der Waals surface area contributed by atoms with Gasteiger partial charge in [-0.15, -0.1) is 0 Å². The zero-order chi connectivity index (χ0) is 11.1. The van der Waals surface area contributed by atoms with Gasteiger partial charge in [-0.25, -0.2) is 0 Å². The second-order valence-corrected chi connectivity index (χ2v) is 3.34. The van der Waals surface area contributed by atoms with Crippen molar-refractivity contribution in [2.45, 2.75) is 0 Å². The molecule has 0 bridgehead atoms. The summed E-state index contributed by atoms with van der Waals surface area (Å²) in [6, 6.07) is 16.7. The lowest BCUT2D eigenvalue weighted by Crippen LogP contribution is -1.82. The van der Waals surface area contributed by atoms with E-state index in [0.717, 1.165) is 5.69 Å². The van der Waals surface area contributed by atoms with Crippen LogP contribution in [0.25, 0.3) is 0 Å². The lowest BCUT2D eigenvalue weighted by molar-refractivity contribution is 1.68. The van der Waals surface area contributed by atoms with Gasteiger partial charge in [0.05, 0.1) is 10.7 Å². The summed E-state index contributed by atoms with van der Waals surface area (Å²) < 4.78 is 0. The van der Waals surface area contributed by atoms with Crippen molar-refractivity contribution in [1.29, 1.82) is 0 Å². The Kier molecular flexibility index (Phi) is 4.51. The van der Waals surface area contributed by atoms with E-state index in [2.05, 4.69) is 0 Å². The zero-order valence-corrected chi connectivity index (χ0v) is 8.98. The van der Waals surface area contributed by atoms with E-state index in [1.807, 2.05) is 42.5 Å². The molecule has 0 aliphatic rings. The number of hydrogen-bond donors (Lipinski definition) is 2. The lowest BCUT2D eigenvalue weighted by Gasteiger charge is -1.91. The van der Waals surface area contributed by atoms with E-state index >= 15 is 0 Å². The first-order valence-electron chi connectivity index (χ1n) is 4.50. The molecule has 15 heavy (non-hydrogen) atoms. The average Bonchev–Trinajstić information content (AvgIpc) is 2.25. The minimum atomic E-state index is 0.618. The Morgan fingerprint density at radius 2 is 1.27 bits per heavy atom. The van der Waals surface area contributed by atoms with Crippen LogP contribution in [0.5, 0.6) is 0 Å². The molecule has 0 heterocycles. The van der Waals surface area contributed by atoms with E-state index < -0.39 is 0 Å². The van der Waals surface area contributed by atoms with E-state index in [0.29, 0.717) is 10.7 Å². The minimum absolute atomic E-state index is 0.618. The predicted octanol–water partition coefficient (Wildman–Crippen LogP) is 3.19. The number of para-hydroxylation sites is 2. The molecule has 0 unspecified atom stereocenters. The molecule has 78 valence electrons. The Balaban J connectivity index is 0.000000151. The zero-order valence-electron chi connectivity index (χ0n) is 8.23. The van der Waals surface area contributed by atoms with Crippen molar-refractivity contribution in [2.24, 2.45) is 0 Å². The molecule has 2 aromatic carbocycles. The highest BCUT2D eigenvalue weighted by Gasteiger charge is 1.87. The quantitative estimate of drug-likeness (QED) is 0.670. The first-order valence-corrected chi connectivity index (χ1v) is 4.88. The van der Waals surface area contributed by atoms with Gasteiger partial charge >= 0.3 is 0 Å². The van der Waals surface area contributed by atoms with Crippen LogP contribution < -0.4 is 11.5 Å². The maximum Gasteiger partial charge on any atom is 0.0635 e. The Morgan fingerprint density at radius 3 is 1.60 bits per heavy atom.